The molecule has 8 nitrogen and oxygen atoms in total. The maximum Gasteiger partial charge on any atom is 0.264 e. The van der Waals surface area contributed by atoms with Gasteiger partial charge in [0.15, 0.2) is 0 Å². The summed E-state index contributed by atoms with van der Waals surface area (Å²) in [5.74, 6) is -0.313. The number of amides is 2. The van der Waals surface area contributed by atoms with Crippen molar-refractivity contribution in [1.82, 2.24) is 10.2 Å². The van der Waals surface area contributed by atoms with E-state index in [1.165, 1.54) is 29.2 Å². The predicted molar refractivity (Wildman–Crippen MR) is 163 cm³/mol. The monoisotopic (exact) mass is 619 g/mol. The Morgan fingerprint density at radius 1 is 0.902 bits per heavy atom. The Kier molecular flexibility index (Phi) is 11.9. The Morgan fingerprint density at radius 3 is 2.05 bits per heavy atom. The number of anilines is 1. The molecule has 0 radical (unpaired) electrons. The summed E-state index contributed by atoms with van der Waals surface area (Å²) in [6, 6.07) is 18.2. The van der Waals surface area contributed by atoms with Gasteiger partial charge in [0.1, 0.15) is 18.3 Å². The van der Waals surface area contributed by atoms with Gasteiger partial charge in [-0.25, -0.2) is 8.42 Å². The first-order valence-electron chi connectivity index (χ1n) is 13.4. The van der Waals surface area contributed by atoms with Crippen molar-refractivity contribution in [2.24, 2.45) is 0 Å². The second kappa shape index (κ2) is 15.1. The molecule has 41 heavy (non-hydrogen) atoms. The predicted octanol–water partition coefficient (Wildman–Crippen LogP) is 5.92. The van der Waals surface area contributed by atoms with Gasteiger partial charge >= 0.3 is 0 Å². The number of hydrogen-bond donors (Lipinski definition) is 1. The van der Waals surface area contributed by atoms with Crippen molar-refractivity contribution >= 4 is 50.7 Å². The number of benzene rings is 3. The SMILES string of the molecule is CCCCNC(=O)[C@H](C)N(Cc1ccc(Cl)cc1)C(=O)CN(c1ccc(OCC)cc1)S(=O)(=O)c1ccc(Cl)cc1. The molecule has 1 atom stereocenters. The van der Waals surface area contributed by atoms with Crippen molar-refractivity contribution in [3.05, 3.63) is 88.4 Å². The molecular weight excluding hydrogens is 585 g/mol. The van der Waals surface area contributed by atoms with Crippen molar-refractivity contribution < 1.29 is 22.7 Å². The summed E-state index contributed by atoms with van der Waals surface area (Å²) >= 11 is 12.0. The van der Waals surface area contributed by atoms with Gasteiger partial charge in [-0.3, -0.25) is 13.9 Å². The molecule has 2 amide bonds. The fourth-order valence-corrected chi connectivity index (χ4v) is 5.71. The van der Waals surface area contributed by atoms with Gasteiger partial charge in [0, 0.05) is 23.1 Å². The number of unbranched alkanes of at least 4 members (excludes halogenated alkanes) is 1. The van der Waals surface area contributed by atoms with Gasteiger partial charge < -0.3 is 15.0 Å². The van der Waals surface area contributed by atoms with E-state index >= 15 is 0 Å². The molecule has 0 aliphatic heterocycles. The molecule has 0 heterocycles. The summed E-state index contributed by atoms with van der Waals surface area (Å²) in [7, 11) is -4.20. The average molecular weight is 621 g/mol. The second-order valence-electron chi connectivity index (χ2n) is 9.36. The quantitative estimate of drug-likeness (QED) is 0.226. The van der Waals surface area contributed by atoms with Crippen molar-refractivity contribution in [1.29, 1.82) is 0 Å². The van der Waals surface area contributed by atoms with E-state index in [1.54, 1.807) is 55.5 Å². The molecule has 1 N–H and O–H groups in total. The number of sulfonamides is 1. The molecule has 0 unspecified atom stereocenters. The van der Waals surface area contributed by atoms with Crippen LogP contribution in [0.3, 0.4) is 0 Å². The number of carbonyl (C=O) groups excluding carboxylic acids is 2. The van der Waals surface area contributed by atoms with Crippen LogP contribution in [0.25, 0.3) is 0 Å². The van der Waals surface area contributed by atoms with Crippen LogP contribution < -0.4 is 14.4 Å². The molecule has 3 aromatic carbocycles. The molecule has 0 aliphatic rings. The van der Waals surface area contributed by atoms with E-state index in [4.69, 9.17) is 27.9 Å². The largest absolute Gasteiger partial charge is 0.494 e. The molecule has 0 aromatic heterocycles. The van der Waals surface area contributed by atoms with Crippen molar-refractivity contribution in [2.45, 2.75) is 51.1 Å². The first-order valence-corrected chi connectivity index (χ1v) is 15.6. The van der Waals surface area contributed by atoms with Gasteiger partial charge in [-0.1, -0.05) is 48.7 Å². The number of hydrogen-bond acceptors (Lipinski definition) is 5. The molecule has 0 saturated heterocycles. The Labute approximate surface area is 252 Å². The van der Waals surface area contributed by atoms with Crippen LogP contribution in [0.5, 0.6) is 5.75 Å². The number of halogens is 2. The van der Waals surface area contributed by atoms with E-state index in [-0.39, 0.29) is 23.0 Å². The molecule has 220 valence electrons. The third kappa shape index (κ3) is 8.86. The zero-order valence-corrected chi connectivity index (χ0v) is 25.7. The maximum atomic E-state index is 13.9. The van der Waals surface area contributed by atoms with Crippen LogP contribution in [0, 0.1) is 0 Å². The van der Waals surface area contributed by atoms with Crippen LogP contribution in [-0.4, -0.2) is 50.9 Å². The Bertz CT molecular complexity index is 1400. The molecule has 0 saturated carbocycles. The summed E-state index contributed by atoms with van der Waals surface area (Å²) < 4.78 is 34.3. The van der Waals surface area contributed by atoms with E-state index in [0.29, 0.717) is 28.9 Å². The van der Waals surface area contributed by atoms with Gasteiger partial charge in [0.2, 0.25) is 11.8 Å². The smallest absolute Gasteiger partial charge is 0.264 e. The minimum atomic E-state index is -4.20. The van der Waals surface area contributed by atoms with E-state index in [9.17, 15) is 18.0 Å². The highest BCUT2D eigenvalue weighted by atomic mass is 35.5. The highest BCUT2D eigenvalue weighted by Gasteiger charge is 2.32. The minimum Gasteiger partial charge on any atom is -0.494 e. The van der Waals surface area contributed by atoms with Gasteiger partial charge in [-0.15, -0.1) is 0 Å². The van der Waals surface area contributed by atoms with E-state index in [0.717, 1.165) is 22.7 Å². The van der Waals surface area contributed by atoms with Crippen molar-refractivity contribution in [2.75, 3.05) is 24.0 Å². The number of rotatable bonds is 14. The third-order valence-corrected chi connectivity index (χ3v) is 8.67. The lowest BCUT2D eigenvalue weighted by atomic mass is 10.1. The van der Waals surface area contributed by atoms with E-state index < -0.39 is 28.5 Å². The molecule has 0 bridgehead atoms. The lowest BCUT2D eigenvalue weighted by Crippen LogP contribution is -2.51. The highest BCUT2D eigenvalue weighted by molar-refractivity contribution is 7.92. The summed E-state index contributed by atoms with van der Waals surface area (Å²) in [5.41, 5.74) is 1.01. The number of nitrogens with zero attached hydrogens (tertiary/aromatic N) is 2. The lowest BCUT2D eigenvalue weighted by Gasteiger charge is -2.32. The third-order valence-electron chi connectivity index (χ3n) is 6.38. The molecule has 3 aromatic rings. The zero-order chi connectivity index (χ0) is 30.0. The van der Waals surface area contributed by atoms with Gasteiger partial charge in [0.05, 0.1) is 17.2 Å². The van der Waals surface area contributed by atoms with E-state index in [2.05, 4.69) is 5.32 Å². The van der Waals surface area contributed by atoms with Gasteiger partial charge in [0.25, 0.3) is 10.0 Å². The van der Waals surface area contributed by atoms with Crippen LogP contribution in [0.15, 0.2) is 77.7 Å². The van der Waals surface area contributed by atoms with Crippen LogP contribution in [0.4, 0.5) is 5.69 Å². The number of carbonyl (C=O) groups is 2. The molecule has 0 fully saturated rings. The van der Waals surface area contributed by atoms with Crippen molar-refractivity contribution in [3.63, 3.8) is 0 Å². The van der Waals surface area contributed by atoms with Crippen LogP contribution in [-0.2, 0) is 26.2 Å². The first kappa shape index (κ1) is 32.2. The van der Waals surface area contributed by atoms with Crippen LogP contribution in [0.2, 0.25) is 10.0 Å². The van der Waals surface area contributed by atoms with Crippen molar-refractivity contribution in [3.8, 4) is 5.75 Å². The normalized spacial score (nSPS) is 11.9. The van der Waals surface area contributed by atoms with E-state index in [1.807, 2.05) is 13.8 Å². The number of nitrogens with one attached hydrogen (secondary N) is 1. The summed E-state index contributed by atoms with van der Waals surface area (Å²) in [6.07, 6.45) is 1.70. The van der Waals surface area contributed by atoms with Gasteiger partial charge in [-0.2, -0.15) is 0 Å². The second-order valence-corrected chi connectivity index (χ2v) is 12.1. The van der Waals surface area contributed by atoms with Crippen LogP contribution in [0.1, 0.15) is 39.2 Å². The molecule has 11 heteroatoms. The topological polar surface area (TPSA) is 96.0 Å². The minimum absolute atomic E-state index is 0.0295. The fraction of sp³-hybridized carbons (Fsp3) is 0.333. The lowest BCUT2D eigenvalue weighted by molar-refractivity contribution is -0.139. The van der Waals surface area contributed by atoms with Crippen LogP contribution >= 0.6 is 23.2 Å². The highest BCUT2D eigenvalue weighted by Crippen LogP contribution is 2.27. The molecule has 0 aliphatic carbocycles. The number of ether oxygens (including phenoxy) is 1. The average Bonchev–Trinajstić information content (AvgIpc) is 2.96. The maximum absolute atomic E-state index is 13.9. The Balaban J connectivity index is 2.00. The Morgan fingerprint density at radius 2 is 1.49 bits per heavy atom. The standard InChI is InChI=1S/C30H35Cl2N3O5S/c1-4-6-19-33-30(37)22(3)34(20-23-7-9-24(31)10-8-23)29(36)21-35(26-13-15-27(16-14-26)40-5-2)41(38,39)28-17-11-25(32)12-18-28/h7-18,22H,4-6,19-21H2,1-3H3,(H,33,37)/t22-/m0/s1. The van der Waals surface area contributed by atoms with Gasteiger partial charge in [-0.05, 0) is 86.5 Å². The molecule has 0 spiro atoms. The fourth-order valence-electron chi connectivity index (χ4n) is 4.04. The Hall–Kier alpha value is -3.27. The zero-order valence-electron chi connectivity index (χ0n) is 23.3. The summed E-state index contributed by atoms with van der Waals surface area (Å²) in [6.45, 7) is 5.95. The molecular formula is C30H35Cl2N3O5S. The summed E-state index contributed by atoms with van der Waals surface area (Å²) in [4.78, 5) is 28.3. The first-order chi connectivity index (χ1) is 19.6. The molecule has 3 rings (SSSR count). The summed E-state index contributed by atoms with van der Waals surface area (Å²) in [5, 5.41) is 3.78.